The van der Waals surface area contributed by atoms with E-state index in [1.807, 2.05) is 56.4 Å². The van der Waals surface area contributed by atoms with Gasteiger partial charge in [0.1, 0.15) is 23.1 Å². The number of likely N-dealkylation sites (N-methyl/N-ethyl adjacent to an activating group) is 4. The minimum atomic E-state index is -0.715. The molecule has 0 aromatic rings. The molecule has 0 aliphatic carbocycles. The van der Waals surface area contributed by atoms with Gasteiger partial charge in [-0.15, -0.1) is 0 Å². The van der Waals surface area contributed by atoms with E-state index in [0.717, 1.165) is 103 Å². The molecule has 0 bridgehead atoms. The summed E-state index contributed by atoms with van der Waals surface area (Å²) in [5, 5.41) is 25.3. The molecule has 4 atom stereocenters. The topological polar surface area (TPSA) is 238 Å². The van der Waals surface area contributed by atoms with Crippen LogP contribution in [0.15, 0.2) is 0 Å². The summed E-state index contributed by atoms with van der Waals surface area (Å²) in [4.78, 5) is 51.4. The summed E-state index contributed by atoms with van der Waals surface area (Å²) in [6.07, 6.45) is 15.8. The average molecular weight is 1110 g/mol. The highest BCUT2D eigenvalue weighted by Crippen LogP contribution is 2.21. The Morgan fingerprint density at radius 3 is 0.688 bits per heavy atom. The maximum absolute atomic E-state index is 12.8. The van der Waals surface area contributed by atoms with E-state index in [4.69, 9.17) is 37.9 Å². The molecule has 8 N–H and O–H groups in total. The Hall–Kier alpha value is -1.96. The lowest BCUT2D eigenvalue weighted by Gasteiger charge is -2.33. The lowest BCUT2D eigenvalue weighted by atomic mass is 9.92. The molecule has 20 nitrogen and oxygen atoms in total. The van der Waals surface area contributed by atoms with Crippen molar-refractivity contribution in [2.24, 2.45) is 5.41 Å². The number of ether oxygens (including phenoxy) is 8. The van der Waals surface area contributed by atoms with Crippen LogP contribution in [0.5, 0.6) is 0 Å². The molecule has 0 aliphatic heterocycles. The minimum absolute atomic E-state index is 0.139. The first-order valence-corrected chi connectivity index (χ1v) is 29.6. The Morgan fingerprint density at radius 1 is 0.286 bits per heavy atom. The third-order valence-corrected chi connectivity index (χ3v) is 13.6. The molecule has 77 heavy (non-hydrogen) atoms. The van der Waals surface area contributed by atoms with Gasteiger partial charge in [-0.1, -0.05) is 25.7 Å². The Bertz CT molecular complexity index is 1160. The van der Waals surface area contributed by atoms with E-state index >= 15 is 0 Å². The molecule has 0 spiro atoms. The van der Waals surface area contributed by atoms with Gasteiger partial charge in [-0.3, -0.25) is 19.2 Å². The van der Waals surface area contributed by atoms with Gasteiger partial charge in [0.05, 0.1) is 109 Å². The van der Waals surface area contributed by atoms with Gasteiger partial charge in [-0.05, 0) is 160 Å². The summed E-state index contributed by atoms with van der Waals surface area (Å²) in [5.74, 6) is 0.839. The van der Waals surface area contributed by atoms with E-state index in [9.17, 15) is 19.2 Å². The van der Waals surface area contributed by atoms with Crippen LogP contribution >= 0.6 is 0 Å². The van der Waals surface area contributed by atoms with Crippen LogP contribution < -0.4 is 42.5 Å². The summed E-state index contributed by atoms with van der Waals surface area (Å²) in [6, 6.07) is -0.554. The first kappa shape index (κ1) is 75.0. The standard InChI is InChI=1S/C57H116N8O12/c1-58-29-13-9-21-49(62-5)53(66)25-17-33-70-37-41-74-45-57(46-75-42-38-71-34-18-26-54(67)50(63-6)22-10-14-30-59-2,47-76-43-39-72-35-19-27-55(68)51(64-7)23-11-15-31-60-3)48-77-44-40-73-36-20-28-56(69)52(65-8)24-12-16-32-61-4/h49-52,58-65H,9-48H2,1-8H3. The molecule has 0 saturated carbocycles. The normalized spacial score (nSPS) is 14.1. The zero-order chi connectivity index (χ0) is 56.7. The first-order chi connectivity index (χ1) is 37.6. The molecule has 0 radical (unpaired) electrons. The van der Waals surface area contributed by atoms with Gasteiger partial charge in [0.25, 0.3) is 0 Å². The minimum Gasteiger partial charge on any atom is -0.379 e. The fraction of sp³-hybridized carbons (Fsp3) is 0.930. The van der Waals surface area contributed by atoms with Crippen LogP contribution in [0.2, 0.25) is 0 Å². The van der Waals surface area contributed by atoms with Gasteiger partial charge in [0, 0.05) is 52.1 Å². The molecule has 0 amide bonds. The Balaban J connectivity index is 5.59. The van der Waals surface area contributed by atoms with Gasteiger partial charge in [0.15, 0.2) is 0 Å². The second kappa shape index (κ2) is 55.9. The van der Waals surface area contributed by atoms with E-state index < -0.39 is 5.41 Å². The van der Waals surface area contributed by atoms with E-state index in [0.29, 0.717) is 131 Å². The Morgan fingerprint density at radius 2 is 0.494 bits per heavy atom. The number of Topliss-reactive ketones (excluding diaryl/α,β-unsaturated/α-hetero) is 4. The highest BCUT2D eigenvalue weighted by Gasteiger charge is 2.33. The number of rotatable bonds is 64. The monoisotopic (exact) mass is 1100 g/mol. The van der Waals surface area contributed by atoms with E-state index in [2.05, 4.69) is 42.5 Å². The van der Waals surface area contributed by atoms with Crippen molar-refractivity contribution < 1.29 is 57.1 Å². The molecule has 0 fully saturated rings. The lowest BCUT2D eigenvalue weighted by Crippen LogP contribution is -2.43. The molecular formula is C57H116N8O12. The fourth-order valence-electron chi connectivity index (χ4n) is 8.84. The number of nitrogens with one attached hydrogen (secondary N) is 8. The van der Waals surface area contributed by atoms with E-state index in [-0.39, 0.29) is 73.7 Å². The zero-order valence-electron chi connectivity index (χ0n) is 50.0. The number of carbonyl (C=O) groups excluding carboxylic acids is 4. The molecule has 0 aromatic heterocycles. The van der Waals surface area contributed by atoms with Gasteiger partial charge >= 0.3 is 0 Å². The largest absolute Gasteiger partial charge is 0.379 e. The van der Waals surface area contributed by atoms with Crippen molar-refractivity contribution >= 4 is 23.1 Å². The predicted octanol–water partition coefficient (Wildman–Crippen LogP) is 3.41. The van der Waals surface area contributed by atoms with Crippen LogP contribution in [0.4, 0.5) is 0 Å². The zero-order valence-corrected chi connectivity index (χ0v) is 50.0. The van der Waals surface area contributed by atoms with Crippen molar-refractivity contribution in [1.82, 2.24) is 42.5 Å². The van der Waals surface area contributed by atoms with Gasteiger partial charge in [0.2, 0.25) is 0 Å². The molecule has 20 heteroatoms. The van der Waals surface area contributed by atoms with Crippen molar-refractivity contribution in [2.75, 3.05) is 188 Å². The average Bonchev–Trinajstić information content (AvgIpc) is 3.43. The third kappa shape index (κ3) is 43.4. The fourth-order valence-corrected chi connectivity index (χ4v) is 8.84. The van der Waals surface area contributed by atoms with Crippen LogP contribution in [0.25, 0.3) is 0 Å². The number of carbonyl (C=O) groups is 4. The smallest absolute Gasteiger partial charge is 0.149 e. The highest BCUT2D eigenvalue weighted by molar-refractivity contribution is 5.85. The lowest BCUT2D eigenvalue weighted by molar-refractivity contribution is -0.122. The number of ketones is 4. The third-order valence-electron chi connectivity index (χ3n) is 13.6. The second-order valence-electron chi connectivity index (χ2n) is 20.2. The van der Waals surface area contributed by atoms with Crippen LogP contribution in [0.1, 0.15) is 128 Å². The van der Waals surface area contributed by atoms with Gasteiger partial charge < -0.3 is 80.4 Å². The summed E-state index contributed by atoms with van der Waals surface area (Å²) < 4.78 is 48.8. The SMILES string of the molecule is CNCCCCC(NC)C(=O)CCCOCCOCC(COCCOCCCC(=O)C(CCCCNC)NC)(COCCOCCCC(=O)C(CCCCNC)NC)COCCOCCCC(=O)C(CCCCNC)NC. The van der Waals surface area contributed by atoms with E-state index in [1.54, 1.807) is 0 Å². The molecule has 0 saturated heterocycles. The van der Waals surface area contributed by atoms with Crippen molar-refractivity contribution in [2.45, 2.75) is 153 Å². The summed E-state index contributed by atoms with van der Waals surface area (Å²) >= 11 is 0. The number of hydrogen-bond donors (Lipinski definition) is 8. The molecule has 0 rings (SSSR count). The van der Waals surface area contributed by atoms with Crippen molar-refractivity contribution in [1.29, 1.82) is 0 Å². The van der Waals surface area contributed by atoms with Crippen molar-refractivity contribution in [3.8, 4) is 0 Å². The van der Waals surface area contributed by atoms with Crippen LogP contribution in [0, 0.1) is 5.41 Å². The van der Waals surface area contributed by atoms with E-state index in [1.165, 1.54) is 0 Å². The summed E-state index contributed by atoms with van der Waals surface area (Å²) in [7, 11) is 15.1. The van der Waals surface area contributed by atoms with Crippen molar-refractivity contribution in [3.05, 3.63) is 0 Å². The van der Waals surface area contributed by atoms with Crippen LogP contribution in [-0.2, 0) is 57.1 Å². The van der Waals surface area contributed by atoms with Crippen molar-refractivity contribution in [3.63, 3.8) is 0 Å². The molecule has 0 aliphatic rings. The first-order valence-electron chi connectivity index (χ1n) is 29.6. The maximum atomic E-state index is 12.8. The Kier molecular flexibility index (Phi) is 54.5. The summed E-state index contributed by atoms with van der Waals surface area (Å²) in [5.41, 5.74) is -0.715. The van der Waals surface area contributed by atoms with Crippen LogP contribution in [0.3, 0.4) is 0 Å². The molecular weight excluding hydrogens is 989 g/mol. The number of hydrogen-bond acceptors (Lipinski definition) is 20. The molecule has 456 valence electrons. The quantitative estimate of drug-likeness (QED) is 0.0408. The Labute approximate surface area is 467 Å². The summed E-state index contributed by atoms with van der Waals surface area (Å²) in [6.45, 7) is 9.34. The second-order valence-corrected chi connectivity index (χ2v) is 20.2. The molecule has 4 unspecified atom stereocenters. The maximum Gasteiger partial charge on any atom is 0.149 e. The number of unbranched alkanes of at least 4 members (excludes halogenated alkanes) is 4. The van der Waals surface area contributed by atoms with Gasteiger partial charge in [-0.2, -0.15) is 0 Å². The molecule has 0 aromatic carbocycles. The van der Waals surface area contributed by atoms with Gasteiger partial charge in [-0.25, -0.2) is 0 Å². The molecule has 0 heterocycles. The highest BCUT2D eigenvalue weighted by atomic mass is 16.6. The predicted molar refractivity (Wildman–Crippen MR) is 308 cm³/mol. The van der Waals surface area contributed by atoms with Crippen LogP contribution in [-0.4, -0.2) is 236 Å².